The van der Waals surface area contributed by atoms with Crippen LogP contribution in [-0.2, 0) is 13.5 Å². The average molecular weight is 317 g/mol. The molecule has 0 saturated heterocycles. The third kappa shape index (κ3) is 3.22. The fourth-order valence-electron chi connectivity index (χ4n) is 2.06. The Morgan fingerprint density at radius 3 is 3.00 bits per heavy atom. The number of thiophene rings is 2. The SMILES string of the molecule is Cn1cc(-c2cccs2)nc1CCNC(=O)c1ccsc1. The second-order valence-corrected chi connectivity index (χ2v) is 6.38. The molecule has 3 heterocycles. The summed E-state index contributed by atoms with van der Waals surface area (Å²) in [5.41, 5.74) is 1.71. The number of nitrogens with zero attached hydrogens (tertiary/aromatic N) is 2. The molecule has 1 amide bonds. The van der Waals surface area contributed by atoms with Gasteiger partial charge in [-0.25, -0.2) is 4.98 Å². The lowest BCUT2D eigenvalue weighted by molar-refractivity contribution is 0.0954. The van der Waals surface area contributed by atoms with Crippen LogP contribution in [0.2, 0.25) is 0 Å². The van der Waals surface area contributed by atoms with Gasteiger partial charge in [-0.15, -0.1) is 11.3 Å². The first-order chi connectivity index (χ1) is 10.2. The highest BCUT2D eigenvalue weighted by Crippen LogP contribution is 2.23. The standard InChI is InChI=1S/C15H15N3OS2/c1-18-9-12(13-3-2-7-21-13)17-14(18)4-6-16-15(19)11-5-8-20-10-11/h2-3,5,7-10H,4,6H2,1H3,(H,16,19). The van der Waals surface area contributed by atoms with Gasteiger partial charge in [0, 0.05) is 37.2 Å². The molecule has 21 heavy (non-hydrogen) atoms. The summed E-state index contributed by atoms with van der Waals surface area (Å²) in [5.74, 6) is 0.952. The summed E-state index contributed by atoms with van der Waals surface area (Å²) in [6.07, 6.45) is 2.75. The molecule has 0 aromatic carbocycles. The summed E-state index contributed by atoms with van der Waals surface area (Å²) >= 11 is 3.21. The van der Waals surface area contributed by atoms with Gasteiger partial charge in [0.2, 0.25) is 0 Å². The number of carbonyl (C=O) groups is 1. The van der Waals surface area contributed by atoms with E-state index in [1.807, 2.05) is 46.1 Å². The van der Waals surface area contributed by atoms with Gasteiger partial charge in [-0.1, -0.05) is 6.07 Å². The maximum absolute atomic E-state index is 11.8. The Balaban J connectivity index is 1.60. The fraction of sp³-hybridized carbons (Fsp3) is 0.200. The van der Waals surface area contributed by atoms with Gasteiger partial charge >= 0.3 is 0 Å². The van der Waals surface area contributed by atoms with Crippen LogP contribution in [0.4, 0.5) is 0 Å². The smallest absolute Gasteiger partial charge is 0.252 e. The van der Waals surface area contributed by atoms with Gasteiger partial charge in [-0.05, 0) is 22.9 Å². The Kier molecular flexibility index (Phi) is 4.17. The molecule has 3 aromatic heterocycles. The summed E-state index contributed by atoms with van der Waals surface area (Å²) in [7, 11) is 1.99. The van der Waals surface area contributed by atoms with Crippen LogP contribution in [0, 0.1) is 0 Å². The highest BCUT2D eigenvalue weighted by molar-refractivity contribution is 7.13. The van der Waals surface area contributed by atoms with Crippen LogP contribution in [0.15, 0.2) is 40.5 Å². The summed E-state index contributed by atoms with van der Waals surface area (Å²) in [5, 5.41) is 8.72. The molecule has 1 N–H and O–H groups in total. The van der Waals surface area contributed by atoms with Gasteiger partial charge in [-0.3, -0.25) is 4.79 Å². The Labute approximate surface area is 131 Å². The van der Waals surface area contributed by atoms with E-state index in [4.69, 9.17) is 0 Å². The van der Waals surface area contributed by atoms with Crippen molar-refractivity contribution in [3.8, 4) is 10.6 Å². The van der Waals surface area contributed by atoms with Crippen LogP contribution >= 0.6 is 22.7 Å². The van der Waals surface area contributed by atoms with Crippen LogP contribution in [-0.4, -0.2) is 22.0 Å². The minimum absolute atomic E-state index is 0.0241. The van der Waals surface area contributed by atoms with E-state index in [1.54, 1.807) is 11.3 Å². The highest BCUT2D eigenvalue weighted by atomic mass is 32.1. The van der Waals surface area contributed by atoms with Crippen molar-refractivity contribution in [2.75, 3.05) is 6.54 Å². The largest absolute Gasteiger partial charge is 0.352 e. The minimum atomic E-state index is -0.0241. The van der Waals surface area contributed by atoms with Crippen LogP contribution in [0.3, 0.4) is 0 Å². The van der Waals surface area contributed by atoms with Crippen molar-refractivity contribution in [2.24, 2.45) is 7.05 Å². The van der Waals surface area contributed by atoms with E-state index in [0.717, 1.165) is 23.5 Å². The lowest BCUT2D eigenvalue weighted by Crippen LogP contribution is -2.25. The van der Waals surface area contributed by atoms with Gasteiger partial charge in [0.05, 0.1) is 10.6 Å². The zero-order chi connectivity index (χ0) is 14.7. The van der Waals surface area contributed by atoms with Crippen LogP contribution in [0.1, 0.15) is 16.2 Å². The average Bonchev–Trinajstić information content (AvgIpc) is 3.20. The Morgan fingerprint density at radius 1 is 1.38 bits per heavy atom. The van der Waals surface area contributed by atoms with E-state index in [-0.39, 0.29) is 5.91 Å². The normalized spacial score (nSPS) is 10.7. The number of hydrogen-bond acceptors (Lipinski definition) is 4. The first kappa shape index (κ1) is 14.0. The van der Waals surface area contributed by atoms with E-state index in [9.17, 15) is 4.79 Å². The summed E-state index contributed by atoms with van der Waals surface area (Å²) in [6, 6.07) is 5.92. The quantitative estimate of drug-likeness (QED) is 0.785. The molecule has 0 radical (unpaired) electrons. The van der Waals surface area contributed by atoms with Gasteiger partial charge in [0.25, 0.3) is 5.91 Å². The van der Waals surface area contributed by atoms with Crippen molar-refractivity contribution in [3.05, 3.63) is 51.9 Å². The van der Waals surface area contributed by atoms with Crippen LogP contribution in [0.25, 0.3) is 10.6 Å². The zero-order valence-electron chi connectivity index (χ0n) is 11.6. The van der Waals surface area contributed by atoms with Crippen molar-refractivity contribution < 1.29 is 4.79 Å². The number of hydrogen-bond donors (Lipinski definition) is 1. The number of amides is 1. The fourth-order valence-corrected chi connectivity index (χ4v) is 3.38. The van der Waals surface area contributed by atoms with Crippen LogP contribution < -0.4 is 5.32 Å². The monoisotopic (exact) mass is 317 g/mol. The summed E-state index contributed by atoms with van der Waals surface area (Å²) in [6.45, 7) is 0.587. The first-order valence-corrected chi connectivity index (χ1v) is 8.43. The van der Waals surface area contributed by atoms with E-state index in [1.165, 1.54) is 16.2 Å². The molecular weight excluding hydrogens is 302 g/mol. The maximum atomic E-state index is 11.8. The van der Waals surface area contributed by atoms with Gasteiger partial charge < -0.3 is 9.88 Å². The predicted octanol–water partition coefficient (Wildman–Crippen LogP) is 3.18. The number of carbonyl (C=O) groups excluding carboxylic acids is 1. The third-order valence-electron chi connectivity index (χ3n) is 3.16. The third-order valence-corrected chi connectivity index (χ3v) is 4.74. The molecule has 0 saturated carbocycles. The maximum Gasteiger partial charge on any atom is 0.252 e. The van der Waals surface area contributed by atoms with Crippen molar-refractivity contribution in [1.29, 1.82) is 0 Å². The van der Waals surface area contributed by atoms with E-state index in [0.29, 0.717) is 6.54 Å². The van der Waals surface area contributed by atoms with Gasteiger partial charge in [0.1, 0.15) is 5.82 Å². The van der Waals surface area contributed by atoms with Crippen molar-refractivity contribution in [3.63, 3.8) is 0 Å². The molecule has 108 valence electrons. The molecule has 0 bridgehead atoms. The van der Waals surface area contributed by atoms with Gasteiger partial charge in [0.15, 0.2) is 0 Å². The molecule has 4 nitrogen and oxygen atoms in total. The topological polar surface area (TPSA) is 46.9 Å². The van der Waals surface area contributed by atoms with Gasteiger partial charge in [-0.2, -0.15) is 11.3 Å². The summed E-state index contributed by atoms with van der Waals surface area (Å²) < 4.78 is 2.02. The molecule has 0 aliphatic heterocycles. The second-order valence-electron chi connectivity index (χ2n) is 4.65. The molecule has 3 rings (SSSR count). The predicted molar refractivity (Wildman–Crippen MR) is 86.9 cm³/mol. The Morgan fingerprint density at radius 2 is 2.29 bits per heavy atom. The van der Waals surface area contributed by atoms with E-state index in [2.05, 4.69) is 16.4 Å². The Bertz CT molecular complexity index is 714. The Hall–Kier alpha value is -1.92. The molecule has 0 aliphatic rings. The first-order valence-electron chi connectivity index (χ1n) is 6.60. The molecule has 0 spiro atoms. The molecule has 0 atom stereocenters. The number of imidazole rings is 1. The number of rotatable bonds is 5. The molecular formula is C15H15N3OS2. The van der Waals surface area contributed by atoms with Crippen molar-refractivity contribution in [2.45, 2.75) is 6.42 Å². The molecule has 3 aromatic rings. The second kappa shape index (κ2) is 6.24. The van der Waals surface area contributed by atoms with E-state index >= 15 is 0 Å². The number of nitrogens with one attached hydrogen (secondary N) is 1. The number of aryl methyl sites for hydroxylation is 1. The molecule has 0 unspecified atom stereocenters. The molecule has 0 aliphatic carbocycles. The number of aromatic nitrogens is 2. The zero-order valence-corrected chi connectivity index (χ0v) is 13.2. The van der Waals surface area contributed by atoms with Crippen LogP contribution in [0.5, 0.6) is 0 Å². The lowest BCUT2D eigenvalue weighted by atomic mass is 10.3. The minimum Gasteiger partial charge on any atom is -0.352 e. The van der Waals surface area contributed by atoms with E-state index < -0.39 is 0 Å². The van der Waals surface area contributed by atoms with Crippen molar-refractivity contribution in [1.82, 2.24) is 14.9 Å². The molecule has 0 fully saturated rings. The summed E-state index contributed by atoms with van der Waals surface area (Å²) in [4.78, 5) is 17.6. The lowest BCUT2D eigenvalue weighted by Gasteiger charge is -2.03. The highest BCUT2D eigenvalue weighted by Gasteiger charge is 2.09. The van der Waals surface area contributed by atoms with Crippen molar-refractivity contribution >= 4 is 28.6 Å². The molecule has 6 heteroatoms.